The predicted octanol–water partition coefficient (Wildman–Crippen LogP) is 4.96. The van der Waals surface area contributed by atoms with Crippen molar-refractivity contribution in [1.29, 1.82) is 0 Å². The molecule has 0 radical (unpaired) electrons. The van der Waals surface area contributed by atoms with Gasteiger partial charge in [-0.25, -0.2) is 0 Å². The highest BCUT2D eigenvalue weighted by molar-refractivity contribution is 5.68. The Kier molecular flexibility index (Phi) is 5.38. The van der Waals surface area contributed by atoms with E-state index in [0.29, 0.717) is 23.7 Å². The third-order valence-electron chi connectivity index (χ3n) is 9.25. The lowest BCUT2D eigenvalue weighted by molar-refractivity contribution is -0.141. The van der Waals surface area contributed by atoms with Gasteiger partial charge in [0.1, 0.15) is 0 Å². The van der Waals surface area contributed by atoms with Crippen molar-refractivity contribution in [3.05, 3.63) is 0 Å². The van der Waals surface area contributed by atoms with Crippen LogP contribution < -0.4 is 0 Å². The average Bonchev–Trinajstić information content (AvgIpc) is 2.98. The Labute approximate surface area is 159 Å². The number of rotatable bonds is 4. The minimum atomic E-state index is -0.0700. The molecule has 0 spiro atoms. The first-order valence-electron chi connectivity index (χ1n) is 11.3. The van der Waals surface area contributed by atoms with Crippen LogP contribution in [0.25, 0.3) is 0 Å². The van der Waals surface area contributed by atoms with Crippen LogP contribution in [0.4, 0.5) is 0 Å². The van der Waals surface area contributed by atoms with E-state index in [0.717, 1.165) is 42.9 Å². The van der Waals surface area contributed by atoms with Crippen molar-refractivity contribution in [3.63, 3.8) is 0 Å². The molecule has 1 N–H and O–H groups in total. The molecule has 26 heavy (non-hydrogen) atoms. The van der Waals surface area contributed by atoms with Crippen molar-refractivity contribution < 1.29 is 14.6 Å². The van der Waals surface area contributed by atoms with Gasteiger partial charge in [0.25, 0.3) is 0 Å². The monoisotopic (exact) mass is 362 g/mol. The lowest BCUT2D eigenvalue weighted by atomic mass is 9.49. The maximum absolute atomic E-state index is 11.5. The molecule has 4 aliphatic rings. The van der Waals surface area contributed by atoms with Crippen molar-refractivity contribution in [3.8, 4) is 0 Å². The maximum Gasteiger partial charge on any atom is 0.305 e. The molecular weight excluding hydrogens is 324 g/mol. The van der Waals surface area contributed by atoms with Gasteiger partial charge >= 0.3 is 5.97 Å². The molecule has 8 unspecified atom stereocenters. The molecule has 4 saturated carbocycles. The average molecular weight is 363 g/mol. The molecule has 4 fully saturated rings. The van der Waals surface area contributed by atoms with Gasteiger partial charge in [-0.15, -0.1) is 0 Å². The molecule has 3 nitrogen and oxygen atoms in total. The Balaban J connectivity index is 1.45. The molecule has 0 aromatic rings. The molecule has 3 heteroatoms. The van der Waals surface area contributed by atoms with E-state index in [1.165, 1.54) is 58.5 Å². The van der Waals surface area contributed by atoms with Crippen LogP contribution in [0, 0.1) is 40.9 Å². The smallest absolute Gasteiger partial charge is 0.305 e. The molecule has 4 aliphatic carbocycles. The van der Waals surface area contributed by atoms with Crippen molar-refractivity contribution in [2.75, 3.05) is 7.11 Å². The van der Waals surface area contributed by atoms with Crippen molar-refractivity contribution >= 4 is 5.97 Å². The van der Waals surface area contributed by atoms with E-state index >= 15 is 0 Å². The number of hydrogen-bond donors (Lipinski definition) is 1. The van der Waals surface area contributed by atoms with Gasteiger partial charge in [-0.3, -0.25) is 4.79 Å². The predicted molar refractivity (Wildman–Crippen MR) is 102 cm³/mol. The Hall–Kier alpha value is -0.570. The van der Waals surface area contributed by atoms with E-state index in [1.807, 2.05) is 0 Å². The van der Waals surface area contributed by atoms with Crippen molar-refractivity contribution in [2.45, 2.75) is 90.1 Å². The zero-order valence-electron chi connectivity index (χ0n) is 16.8. The SMILES string of the molecule is COC(=O)CCCC1CCC2C3C(O)CC4CCCCC4C3CCC12C. The fraction of sp³-hybridized carbons (Fsp3) is 0.957. The number of esters is 1. The van der Waals surface area contributed by atoms with Crippen LogP contribution in [0.15, 0.2) is 0 Å². The third kappa shape index (κ3) is 3.12. The Morgan fingerprint density at radius 2 is 1.92 bits per heavy atom. The van der Waals surface area contributed by atoms with E-state index in [9.17, 15) is 9.90 Å². The number of fused-ring (bicyclic) bond motifs is 5. The van der Waals surface area contributed by atoms with Crippen molar-refractivity contribution in [1.82, 2.24) is 0 Å². The normalized spacial score (nSPS) is 47.6. The molecular formula is C23H38O3. The van der Waals surface area contributed by atoms with E-state index in [2.05, 4.69) is 6.92 Å². The molecule has 4 rings (SSSR count). The topological polar surface area (TPSA) is 46.5 Å². The van der Waals surface area contributed by atoms with Gasteiger partial charge in [0.15, 0.2) is 0 Å². The quantitative estimate of drug-likeness (QED) is 0.719. The van der Waals surface area contributed by atoms with Gasteiger partial charge in [0.05, 0.1) is 13.2 Å². The zero-order valence-corrected chi connectivity index (χ0v) is 16.8. The molecule has 8 atom stereocenters. The highest BCUT2D eigenvalue weighted by Gasteiger charge is 2.58. The Morgan fingerprint density at radius 1 is 1.12 bits per heavy atom. The molecule has 0 aliphatic heterocycles. The summed E-state index contributed by atoms with van der Waals surface area (Å²) in [5.74, 6) is 4.42. The van der Waals surface area contributed by atoms with Crippen LogP contribution in [0.3, 0.4) is 0 Å². The Morgan fingerprint density at radius 3 is 2.73 bits per heavy atom. The van der Waals surface area contributed by atoms with Gasteiger partial charge in [-0.1, -0.05) is 26.2 Å². The summed E-state index contributed by atoms with van der Waals surface area (Å²) >= 11 is 0. The summed E-state index contributed by atoms with van der Waals surface area (Å²) in [6, 6.07) is 0. The molecule has 148 valence electrons. The minimum Gasteiger partial charge on any atom is -0.469 e. The second-order valence-corrected chi connectivity index (χ2v) is 10.1. The molecule has 0 aromatic carbocycles. The number of aliphatic hydroxyl groups excluding tert-OH is 1. The summed E-state index contributed by atoms with van der Waals surface area (Å²) in [4.78, 5) is 11.5. The number of methoxy groups -OCH3 is 1. The van der Waals surface area contributed by atoms with Crippen LogP contribution in [0.1, 0.15) is 84.0 Å². The van der Waals surface area contributed by atoms with E-state index in [-0.39, 0.29) is 12.1 Å². The molecule has 0 saturated heterocycles. The molecule has 0 aromatic heterocycles. The number of carbonyl (C=O) groups excluding carboxylic acids is 1. The second-order valence-electron chi connectivity index (χ2n) is 10.1. The first-order valence-corrected chi connectivity index (χ1v) is 11.3. The Bertz CT molecular complexity index is 518. The van der Waals surface area contributed by atoms with Crippen molar-refractivity contribution in [2.24, 2.45) is 40.9 Å². The summed E-state index contributed by atoms with van der Waals surface area (Å²) in [5.41, 5.74) is 0.389. The van der Waals surface area contributed by atoms with Gasteiger partial charge in [-0.05, 0) is 92.3 Å². The van der Waals surface area contributed by atoms with Gasteiger partial charge < -0.3 is 9.84 Å². The first-order chi connectivity index (χ1) is 12.5. The highest BCUT2D eigenvalue weighted by atomic mass is 16.5. The summed E-state index contributed by atoms with van der Waals surface area (Å²) in [5, 5.41) is 11.1. The molecule has 0 bridgehead atoms. The van der Waals surface area contributed by atoms with Crippen LogP contribution >= 0.6 is 0 Å². The van der Waals surface area contributed by atoms with E-state index < -0.39 is 0 Å². The van der Waals surface area contributed by atoms with Crippen LogP contribution in [0.5, 0.6) is 0 Å². The third-order valence-corrected chi connectivity index (χ3v) is 9.25. The summed E-state index contributed by atoms with van der Waals surface area (Å²) in [6.45, 7) is 2.52. The van der Waals surface area contributed by atoms with Gasteiger partial charge in [-0.2, -0.15) is 0 Å². The number of carbonyl (C=O) groups is 1. The highest BCUT2D eigenvalue weighted by Crippen LogP contribution is 2.64. The lowest BCUT2D eigenvalue weighted by Gasteiger charge is -2.57. The maximum atomic E-state index is 11.5. The number of hydrogen-bond acceptors (Lipinski definition) is 3. The lowest BCUT2D eigenvalue weighted by Crippen LogP contribution is -2.53. The van der Waals surface area contributed by atoms with E-state index in [1.54, 1.807) is 0 Å². The summed E-state index contributed by atoms with van der Waals surface area (Å²) in [6.07, 6.45) is 14.6. The first kappa shape index (κ1) is 18.8. The van der Waals surface area contributed by atoms with Crippen LogP contribution in [-0.2, 0) is 9.53 Å². The molecule has 0 heterocycles. The largest absolute Gasteiger partial charge is 0.469 e. The summed E-state index contributed by atoms with van der Waals surface area (Å²) < 4.78 is 4.81. The standard InChI is InChI=1S/C23H38O3/c1-23-13-12-18-17-8-4-3-6-15(17)14-20(24)22(18)19(23)11-10-16(23)7-5-9-21(25)26-2/h15-20,22,24H,3-14H2,1-2H3. The fourth-order valence-corrected chi connectivity index (χ4v) is 8.01. The number of aliphatic hydroxyl groups is 1. The van der Waals surface area contributed by atoms with E-state index in [4.69, 9.17) is 4.74 Å². The number of ether oxygens (including phenoxy) is 1. The zero-order chi connectivity index (χ0) is 18.3. The summed E-state index contributed by atoms with van der Waals surface area (Å²) in [7, 11) is 1.49. The van der Waals surface area contributed by atoms with Crippen LogP contribution in [0.2, 0.25) is 0 Å². The second kappa shape index (κ2) is 7.45. The molecule has 0 amide bonds. The minimum absolute atomic E-state index is 0.0576. The fourth-order valence-electron chi connectivity index (χ4n) is 8.01. The van der Waals surface area contributed by atoms with Crippen LogP contribution in [-0.4, -0.2) is 24.3 Å². The van der Waals surface area contributed by atoms with Gasteiger partial charge in [0.2, 0.25) is 0 Å². The van der Waals surface area contributed by atoms with Gasteiger partial charge in [0, 0.05) is 6.42 Å².